The molecule has 1 saturated heterocycles. The quantitative estimate of drug-likeness (QED) is 0.311. The van der Waals surface area contributed by atoms with E-state index < -0.39 is 16.8 Å². The molecule has 0 radical (unpaired) electrons. The van der Waals surface area contributed by atoms with Gasteiger partial charge in [-0.25, -0.2) is 9.79 Å². The molecule has 3 rings (SSSR count). The zero-order chi connectivity index (χ0) is 21.8. The van der Waals surface area contributed by atoms with E-state index in [9.17, 15) is 29.9 Å². The number of benzene rings is 2. The van der Waals surface area contributed by atoms with Crippen molar-refractivity contribution in [2.24, 2.45) is 4.99 Å². The number of amidine groups is 1. The summed E-state index contributed by atoms with van der Waals surface area (Å²) in [5.74, 6) is -1.95. The number of nitrogens with zero attached hydrogens (tertiary/aromatic N) is 3. The zero-order valence-corrected chi connectivity index (χ0v) is 16.2. The highest BCUT2D eigenvalue weighted by Crippen LogP contribution is 2.36. The third-order valence-corrected chi connectivity index (χ3v) is 5.05. The maximum absolute atomic E-state index is 12.8. The fraction of sp³-hybridized carbons (Fsp3) is 0.0500. The summed E-state index contributed by atoms with van der Waals surface area (Å²) in [6.45, 7) is 3.72. The number of nitro benzene ring substituents is 1. The van der Waals surface area contributed by atoms with E-state index in [4.69, 9.17) is 0 Å². The predicted octanol–water partition coefficient (Wildman–Crippen LogP) is 3.79. The first-order valence-electron chi connectivity index (χ1n) is 8.52. The van der Waals surface area contributed by atoms with Crippen LogP contribution in [-0.2, 0) is 4.79 Å². The van der Waals surface area contributed by atoms with Gasteiger partial charge in [-0.05, 0) is 42.1 Å². The highest BCUT2D eigenvalue weighted by atomic mass is 32.2. The van der Waals surface area contributed by atoms with Crippen molar-refractivity contribution in [2.45, 2.75) is 0 Å². The lowest BCUT2D eigenvalue weighted by Crippen LogP contribution is -2.29. The third-order valence-electron chi connectivity index (χ3n) is 4.05. The Morgan fingerprint density at radius 1 is 1.30 bits per heavy atom. The van der Waals surface area contributed by atoms with Gasteiger partial charge in [0.05, 0.1) is 26.6 Å². The van der Waals surface area contributed by atoms with Crippen LogP contribution in [-0.4, -0.2) is 43.6 Å². The number of para-hydroxylation sites is 1. The molecule has 0 bridgehead atoms. The largest absolute Gasteiger partial charge is 0.508 e. The van der Waals surface area contributed by atoms with Crippen molar-refractivity contribution in [3.63, 3.8) is 0 Å². The van der Waals surface area contributed by atoms with E-state index in [-0.39, 0.29) is 44.9 Å². The number of hydrogen-bond acceptors (Lipinski definition) is 7. The summed E-state index contributed by atoms with van der Waals surface area (Å²) in [7, 11) is 0. The van der Waals surface area contributed by atoms with Crippen molar-refractivity contribution in [1.82, 2.24) is 4.90 Å². The number of phenolic OH excluding ortho intramolecular Hbond substituents is 1. The number of phenols is 1. The summed E-state index contributed by atoms with van der Waals surface area (Å²) in [6, 6.07) is 9.68. The molecule has 1 heterocycles. The first kappa shape index (κ1) is 20.8. The number of aliphatic imine (C=N–C) groups is 1. The van der Waals surface area contributed by atoms with Crippen LogP contribution < -0.4 is 0 Å². The number of carbonyl (C=O) groups excluding carboxylic acids is 1. The molecule has 0 unspecified atom stereocenters. The lowest BCUT2D eigenvalue weighted by molar-refractivity contribution is -0.385. The van der Waals surface area contributed by atoms with Gasteiger partial charge in [0.25, 0.3) is 11.6 Å². The van der Waals surface area contributed by atoms with Gasteiger partial charge < -0.3 is 10.2 Å². The Bertz CT molecular complexity index is 1130. The Balaban J connectivity index is 2.07. The second-order valence-electron chi connectivity index (χ2n) is 6.03. The Labute approximate surface area is 174 Å². The fourth-order valence-electron chi connectivity index (χ4n) is 2.69. The second-order valence-corrected chi connectivity index (χ2v) is 7.04. The molecular formula is C20H15N3O6S. The number of rotatable bonds is 6. The van der Waals surface area contributed by atoms with Gasteiger partial charge >= 0.3 is 5.97 Å². The Hall–Kier alpha value is -3.92. The highest BCUT2D eigenvalue weighted by Gasteiger charge is 2.33. The standard InChI is InChI=1S/C20H15N3O6S/c1-2-9-22-18(25)17(10-12-5-3-4-6-16(12)23(28)29)30-20(22)21-15-8-7-13(24)11-14(15)19(26)27/h2-8,10-11,24H,1,9H2,(H,26,27)/b17-10-,21-20?. The molecule has 10 heteroatoms. The minimum atomic E-state index is -1.29. The van der Waals surface area contributed by atoms with Crippen LogP contribution in [0.4, 0.5) is 11.4 Å². The van der Waals surface area contributed by atoms with E-state index >= 15 is 0 Å². The van der Waals surface area contributed by atoms with Crippen LogP contribution in [0.5, 0.6) is 5.75 Å². The first-order chi connectivity index (χ1) is 14.3. The summed E-state index contributed by atoms with van der Waals surface area (Å²) in [5, 5.41) is 30.3. The van der Waals surface area contributed by atoms with Crippen LogP contribution in [0.2, 0.25) is 0 Å². The number of carboxylic acids is 1. The van der Waals surface area contributed by atoms with Gasteiger partial charge in [-0.3, -0.25) is 19.8 Å². The van der Waals surface area contributed by atoms with Gasteiger partial charge in [0, 0.05) is 12.6 Å². The molecular weight excluding hydrogens is 410 g/mol. The second kappa shape index (κ2) is 8.62. The molecule has 0 spiro atoms. The number of hydrogen-bond donors (Lipinski definition) is 2. The van der Waals surface area contributed by atoms with E-state index in [1.807, 2.05) is 0 Å². The average Bonchev–Trinajstić information content (AvgIpc) is 2.98. The first-order valence-corrected chi connectivity index (χ1v) is 9.34. The van der Waals surface area contributed by atoms with Crippen LogP contribution >= 0.6 is 11.8 Å². The monoisotopic (exact) mass is 425 g/mol. The molecule has 9 nitrogen and oxygen atoms in total. The normalized spacial score (nSPS) is 16.3. The van der Waals surface area contributed by atoms with Gasteiger partial charge in [-0.15, -0.1) is 6.58 Å². The van der Waals surface area contributed by atoms with Crippen LogP contribution in [0, 0.1) is 10.1 Å². The number of aromatic hydroxyl groups is 1. The van der Waals surface area contributed by atoms with Crippen LogP contribution in [0.25, 0.3) is 6.08 Å². The van der Waals surface area contributed by atoms with Crippen molar-refractivity contribution in [3.8, 4) is 5.75 Å². The molecule has 2 aromatic rings. The third kappa shape index (κ3) is 4.23. The van der Waals surface area contributed by atoms with E-state index in [1.54, 1.807) is 6.07 Å². The summed E-state index contributed by atoms with van der Waals surface area (Å²) in [5.41, 5.74) is -0.0680. The van der Waals surface area contributed by atoms with Crippen molar-refractivity contribution in [3.05, 3.63) is 81.3 Å². The number of amides is 1. The minimum Gasteiger partial charge on any atom is -0.508 e. The summed E-state index contributed by atoms with van der Waals surface area (Å²) < 4.78 is 0. The van der Waals surface area contributed by atoms with Gasteiger partial charge in [0.1, 0.15) is 5.75 Å². The maximum atomic E-state index is 12.8. The Kier molecular flexibility index (Phi) is 5.98. The lowest BCUT2D eigenvalue weighted by Gasteiger charge is -2.13. The summed E-state index contributed by atoms with van der Waals surface area (Å²) in [4.78, 5) is 40.8. The molecule has 2 N–H and O–H groups in total. The number of carboxylic acid groups (broad SMARTS) is 1. The number of nitro groups is 1. The topological polar surface area (TPSA) is 133 Å². The highest BCUT2D eigenvalue weighted by molar-refractivity contribution is 8.18. The molecule has 0 atom stereocenters. The van der Waals surface area contributed by atoms with Crippen LogP contribution in [0.3, 0.4) is 0 Å². The number of aromatic carboxylic acids is 1. The fourth-order valence-corrected chi connectivity index (χ4v) is 3.69. The SMILES string of the molecule is C=CCN1C(=O)/C(=C/c2ccccc2[N+](=O)[O-])SC1=Nc1ccc(O)cc1C(=O)O. The Morgan fingerprint density at radius 2 is 2.03 bits per heavy atom. The lowest BCUT2D eigenvalue weighted by atomic mass is 10.1. The van der Waals surface area contributed by atoms with Gasteiger partial charge in [-0.2, -0.15) is 0 Å². The summed E-state index contributed by atoms with van der Waals surface area (Å²) in [6.07, 6.45) is 2.88. The zero-order valence-electron chi connectivity index (χ0n) is 15.4. The van der Waals surface area contributed by atoms with Gasteiger partial charge in [0.2, 0.25) is 0 Å². The summed E-state index contributed by atoms with van der Waals surface area (Å²) >= 11 is 0.963. The van der Waals surface area contributed by atoms with Crippen LogP contribution in [0.15, 0.2) is 65.0 Å². The van der Waals surface area contributed by atoms with Crippen molar-refractivity contribution >= 4 is 46.3 Å². The van der Waals surface area contributed by atoms with Crippen molar-refractivity contribution < 1.29 is 24.7 Å². The van der Waals surface area contributed by atoms with E-state index in [1.165, 1.54) is 47.4 Å². The maximum Gasteiger partial charge on any atom is 0.338 e. The molecule has 1 aliphatic heterocycles. The van der Waals surface area contributed by atoms with Crippen molar-refractivity contribution in [2.75, 3.05) is 6.54 Å². The van der Waals surface area contributed by atoms with Gasteiger partial charge in [-0.1, -0.05) is 18.2 Å². The van der Waals surface area contributed by atoms with Gasteiger partial charge in [0.15, 0.2) is 5.17 Å². The smallest absolute Gasteiger partial charge is 0.338 e. The number of carbonyl (C=O) groups is 2. The average molecular weight is 425 g/mol. The molecule has 152 valence electrons. The van der Waals surface area contributed by atoms with Crippen molar-refractivity contribution in [1.29, 1.82) is 0 Å². The minimum absolute atomic E-state index is 0.0524. The van der Waals surface area contributed by atoms with E-state index in [0.29, 0.717) is 0 Å². The van der Waals surface area contributed by atoms with Crippen LogP contribution in [0.1, 0.15) is 15.9 Å². The molecule has 0 saturated carbocycles. The molecule has 0 aliphatic carbocycles. The molecule has 30 heavy (non-hydrogen) atoms. The molecule has 1 amide bonds. The predicted molar refractivity (Wildman–Crippen MR) is 113 cm³/mol. The molecule has 1 aliphatic rings. The van der Waals surface area contributed by atoms with E-state index in [2.05, 4.69) is 11.6 Å². The number of thioether (sulfide) groups is 1. The Morgan fingerprint density at radius 3 is 2.70 bits per heavy atom. The van der Waals surface area contributed by atoms with E-state index in [0.717, 1.165) is 17.8 Å². The molecule has 2 aromatic carbocycles. The molecule has 1 fully saturated rings. The molecule has 0 aromatic heterocycles.